The lowest BCUT2D eigenvalue weighted by molar-refractivity contribution is -0.238. The molecule has 0 unspecified atom stereocenters. The van der Waals surface area contributed by atoms with Crippen LogP contribution in [0.2, 0.25) is 0 Å². The zero-order valence-electron chi connectivity index (χ0n) is 33.5. The number of hydrogen-bond donors (Lipinski definition) is 2. The molecule has 6 fully saturated rings. The van der Waals surface area contributed by atoms with Gasteiger partial charge < -0.3 is 20.2 Å². The fraction of sp³-hybridized carbons (Fsp3) is 0.773. The highest BCUT2D eigenvalue weighted by atomic mass is 32.2. The molecule has 6 aliphatic rings. The molecule has 8 nitrogen and oxygen atoms in total. The predicted octanol–water partition coefficient (Wildman–Crippen LogP) is 7.56. The van der Waals surface area contributed by atoms with Gasteiger partial charge in [-0.2, -0.15) is 0 Å². The van der Waals surface area contributed by atoms with Crippen molar-refractivity contribution in [2.75, 3.05) is 50.8 Å². The van der Waals surface area contributed by atoms with Crippen molar-refractivity contribution in [3.05, 3.63) is 47.5 Å². The monoisotopic (exact) mass is 749 g/mol. The molecule has 294 valence electrons. The maximum Gasteiger partial charge on any atom is 0.335 e. The molecule has 7 rings (SSSR count). The molecule has 2 aliphatic heterocycles. The second kappa shape index (κ2) is 13.8. The van der Waals surface area contributed by atoms with Crippen LogP contribution in [0.1, 0.15) is 126 Å². The molecule has 0 bridgehead atoms. The second-order valence-electron chi connectivity index (χ2n) is 19.8. The number of fused-ring (bicyclic) bond motifs is 7. The van der Waals surface area contributed by atoms with Crippen LogP contribution in [-0.4, -0.2) is 91.5 Å². The van der Waals surface area contributed by atoms with Gasteiger partial charge in [-0.1, -0.05) is 32.9 Å². The van der Waals surface area contributed by atoms with E-state index < -0.39 is 15.8 Å². The van der Waals surface area contributed by atoms with Crippen molar-refractivity contribution >= 4 is 21.7 Å². The van der Waals surface area contributed by atoms with E-state index in [1.807, 2.05) is 0 Å². The van der Waals surface area contributed by atoms with Crippen LogP contribution in [0.3, 0.4) is 0 Å². The molecule has 1 aromatic rings. The van der Waals surface area contributed by atoms with Crippen molar-refractivity contribution in [3.8, 4) is 0 Å². The van der Waals surface area contributed by atoms with Crippen LogP contribution in [0.25, 0.3) is 0 Å². The molecule has 4 saturated carbocycles. The zero-order valence-corrected chi connectivity index (χ0v) is 34.3. The highest BCUT2D eigenvalue weighted by Gasteiger charge is 2.71. The van der Waals surface area contributed by atoms with Crippen LogP contribution in [0.15, 0.2) is 36.4 Å². The molecule has 1 amide bonds. The number of aromatic carboxylic acids is 1. The van der Waals surface area contributed by atoms with Crippen LogP contribution in [0.4, 0.5) is 0 Å². The summed E-state index contributed by atoms with van der Waals surface area (Å²) in [5, 5.41) is 13.3. The van der Waals surface area contributed by atoms with Gasteiger partial charge in [-0.15, -0.1) is 0 Å². The van der Waals surface area contributed by atoms with Crippen molar-refractivity contribution in [2.24, 2.45) is 51.2 Å². The van der Waals surface area contributed by atoms with E-state index in [2.05, 4.69) is 63.2 Å². The van der Waals surface area contributed by atoms with E-state index in [-0.39, 0.29) is 33.3 Å². The van der Waals surface area contributed by atoms with Crippen molar-refractivity contribution in [1.29, 1.82) is 0 Å². The largest absolute Gasteiger partial charge is 0.478 e. The molecule has 4 aliphatic carbocycles. The van der Waals surface area contributed by atoms with E-state index in [4.69, 9.17) is 0 Å². The summed E-state index contributed by atoms with van der Waals surface area (Å²) >= 11 is 0. The Bertz CT molecular complexity index is 1690. The molecule has 2 heterocycles. The lowest BCUT2D eigenvalue weighted by atomic mass is 9.33. The van der Waals surface area contributed by atoms with Crippen LogP contribution < -0.4 is 5.32 Å². The highest BCUT2D eigenvalue weighted by Crippen LogP contribution is 2.76. The van der Waals surface area contributed by atoms with Crippen molar-refractivity contribution in [3.63, 3.8) is 0 Å². The normalized spacial score (nSPS) is 40.3. The maximum absolute atomic E-state index is 14.0. The number of likely N-dealkylation sites (tertiary alicyclic amines) is 1. The minimum Gasteiger partial charge on any atom is -0.478 e. The Labute approximate surface area is 319 Å². The lowest BCUT2D eigenvalue weighted by Crippen LogP contribution is -2.70. The average Bonchev–Trinajstić information content (AvgIpc) is 3.49. The number of carboxylic acid groups (broad SMARTS) is 1. The molecule has 2 N–H and O–H groups in total. The molecular formula is C44H67N3O5S. The first-order valence-corrected chi connectivity index (χ1v) is 22.6. The molecular weight excluding hydrogens is 683 g/mol. The van der Waals surface area contributed by atoms with E-state index in [1.54, 1.807) is 24.3 Å². The number of carboxylic acids is 1. The number of rotatable bonds is 9. The summed E-state index contributed by atoms with van der Waals surface area (Å²) in [5.41, 5.74) is 2.80. The molecule has 0 aromatic heterocycles. The third-order valence-corrected chi connectivity index (χ3v) is 18.9. The van der Waals surface area contributed by atoms with E-state index in [9.17, 15) is 23.1 Å². The molecule has 0 radical (unpaired) electrons. The Balaban J connectivity index is 1.07. The van der Waals surface area contributed by atoms with Crippen molar-refractivity contribution in [1.82, 2.24) is 15.1 Å². The van der Waals surface area contributed by atoms with Crippen LogP contribution in [0, 0.1) is 51.2 Å². The summed E-state index contributed by atoms with van der Waals surface area (Å²) in [5.74, 6) is 2.59. The molecule has 1 aromatic carbocycles. The summed E-state index contributed by atoms with van der Waals surface area (Å²) in [6.07, 6.45) is 12.1. The van der Waals surface area contributed by atoms with E-state index in [1.165, 1.54) is 50.5 Å². The summed E-state index contributed by atoms with van der Waals surface area (Å²) < 4.78 is 23.8. The molecule has 9 heteroatoms. The summed E-state index contributed by atoms with van der Waals surface area (Å²) in [7, 11) is -2.84. The molecule has 9 atom stereocenters. The van der Waals surface area contributed by atoms with Gasteiger partial charge in [0.1, 0.15) is 0 Å². The summed E-state index contributed by atoms with van der Waals surface area (Å²) in [6.45, 7) is 24.6. The number of nitrogens with zero attached hydrogens (tertiary/aromatic N) is 2. The Morgan fingerprint density at radius 1 is 0.849 bits per heavy atom. The van der Waals surface area contributed by atoms with Gasteiger partial charge in [0, 0.05) is 37.3 Å². The minimum absolute atomic E-state index is 0.0178. The number of piperidine rings is 1. The smallest absolute Gasteiger partial charge is 0.335 e. The van der Waals surface area contributed by atoms with Crippen molar-refractivity contribution < 1.29 is 23.1 Å². The first kappa shape index (κ1) is 39.0. The van der Waals surface area contributed by atoms with Gasteiger partial charge in [-0.05, 0) is 174 Å². The van der Waals surface area contributed by atoms with Crippen LogP contribution in [0.5, 0.6) is 0 Å². The predicted molar refractivity (Wildman–Crippen MR) is 212 cm³/mol. The van der Waals surface area contributed by atoms with Crippen LogP contribution >= 0.6 is 0 Å². The van der Waals surface area contributed by atoms with Gasteiger partial charge in [-0.3, -0.25) is 4.79 Å². The number of hydrogen-bond acceptors (Lipinski definition) is 6. The Hall–Kier alpha value is -2.23. The van der Waals surface area contributed by atoms with Crippen LogP contribution in [-0.2, 0) is 9.84 Å². The number of sulfone groups is 1. The van der Waals surface area contributed by atoms with E-state index in [0.717, 1.165) is 45.4 Å². The van der Waals surface area contributed by atoms with Gasteiger partial charge in [-0.25, -0.2) is 13.2 Å². The first-order valence-electron chi connectivity index (χ1n) is 20.8. The number of allylic oxidation sites excluding steroid dienone is 1. The highest BCUT2D eigenvalue weighted by molar-refractivity contribution is 7.91. The lowest BCUT2D eigenvalue weighted by Gasteiger charge is -2.73. The zero-order chi connectivity index (χ0) is 38.2. The van der Waals surface area contributed by atoms with Gasteiger partial charge in [0.15, 0.2) is 9.84 Å². The standard InChI is InChI=1S/C44H67N3O5S/c1-30(2)33-15-18-44(29-45-22-8-23-46-25-27-53(51,52)28-26-46)20-19-42(6)34(37(33)44)13-14-36-41(5)21-24-47(40(3,4)35(41)16-17-43(36,42)7)38(48)31-9-11-32(12-10-31)39(49)50/h9-12,33-37,45H,1,8,13-29H2,2-7H3,(H,49,50)/t33-,34+,35-,36+,37+,41-,42+,43+,44+/m0/s1. The SMILES string of the molecule is C=C(C)[C@@H]1CC[C@]2(CNCCCN3CCS(=O)(=O)CC3)CC[C@]3(C)[C@H](CC[C@@H]4[C@@]5(C)CCN(C(=O)c6ccc(C(=O)O)cc6)C(C)(C)[C@@H]5CC[C@]43C)[C@@H]12. The second-order valence-corrected chi connectivity index (χ2v) is 22.1. The van der Waals surface area contributed by atoms with Crippen molar-refractivity contribution in [2.45, 2.75) is 111 Å². The third kappa shape index (κ3) is 6.35. The third-order valence-electron chi connectivity index (χ3n) is 17.3. The fourth-order valence-corrected chi connectivity index (χ4v) is 15.6. The quantitative estimate of drug-likeness (QED) is 0.198. The Kier molecular flexibility index (Phi) is 10.1. The topological polar surface area (TPSA) is 107 Å². The van der Waals surface area contributed by atoms with Gasteiger partial charge in [0.05, 0.1) is 17.1 Å². The summed E-state index contributed by atoms with van der Waals surface area (Å²) in [6, 6.07) is 6.46. The van der Waals surface area contributed by atoms with E-state index >= 15 is 0 Å². The van der Waals surface area contributed by atoms with Gasteiger partial charge in [0.25, 0.3) is 5.91 Å². The maximum atomic E-state index is 14.0. The Morgan fingerprint density at radius 3 is 2.19 bits per heavy atom. The Morgan fingerprint density at radius 2 is 1.53 bits per heavy atom. The molecule has 2 saturated heterocycles. The summed E-state index contributed by atoms with van der Waals surface area (Å²) in [4.78, 5) is 29.9. The fourth-order valence-electron chi connectivity index (χ4n) is 14.3. The van der Waals surface area contributed by atoms with E-state index in [0.29, 0.717) is 65.2 Å². The molecule has 0 spiro atoms. The number of benzene rings is 1. The minimum atomic E-state index is -2.84. The number of carbonyl (C=O) groups excluding carboxylic acids is 1. The number of amides is 1. The van der Waals surface area contributed by atoms with Gasteiger partial charge in [0.2, 0.25) is 0 Å². The first-order chi connectivity index (χ1) is 24.9. The molecule has 53 heavy (non-hydrogen) atoms. The number of carbonyl (C=O) groups is 2. The number of nitrogens with one attached hydrogen (secondary N) is 1. The van der Waals surface area contributed by atoms with Gasteiger partial charge >= 0.3 is 5.97 Å². The average molecular weight is 750 g/mol.